The van der Waals surface area contributed by atoms with Gasteiger partial charge in [0, 0.05) is 6.20 Å². The Morgan fingerprint density at radius 2 is 2.00 bits per heavy atom. The van der Waals surface area contributed by atoms with Crippen molar-refractivity contribution < 1.29 is 9.90 Å². The fourth-order valence-corrected chi connectivity index (χ4v) is 2.44. The first-order chi connectivity index (χ1) is 9.06. The first-order valence-electron chi connectivity index (χ1n) is 6.32. The molecule has 0 spiro atoms. The lowest BCUT2D eigenvalue weighted by molar-refractivity contribution is 0.0756. The third kappa shape index (κ3) is 2.93. The zero-order chi connectivity index (χ0) is 13.9. The molecule has 1 aliphatic rings. The monoisotopic (exact) mass is 267 g/mol. The van der Waals surface area contributed by atoms with Gasteiger partial charge in [0.05, 0.1) is 12.1 Å². The number of H-pyrrole nitrogens is 2. The summed E-state index contributed by atoms with van der Waals surface area (Å²) < 4.78 is 0. The fourth-order valence-electron chi connectivity index (χ4n) is 2.44. The summed E-state index contributed by atoms with van der Waals surface area (Å²) in [5.74, 6) is -0.576. The summed E-state index contributed by atoms with van der Waals surface area (Å²) >= 11 is 0. The van der Waals surface area contributed by atoms with Crippen LogP contribution in [0.5, 0.6) is 0 Å². The van der Waals surface area contributed by atoms with Gasteiger partial charge in [-0.2, -0.15) is 0 Å². The van der Waals surface area contributed by atoms with Crippen molar-refractivity contribution >= 4 is 5.91 Å². The zero-order valence-electron chi connectivity index (χ0n) is 10.5. The van der Waals surface area contributed by atoms with Crippen LogP contribution in [0.4, 0.5) is 0 Å². The normalized spacial score (nSPS) is 17.9. The lowest BCUT2D eigenvalue weighted by Crippen LogP contribution is -2.53. The Morgan fingerprint density at radius 1 is 1.32 bits per heavy atom. The van der Waals surface area contributed by atoms with Crippen LogP contribution in [0.3, 0.4) is 0 Å². The second kappa shape index (κ2) is 5.40. The fraction of sp³-hybridized carbons (Fsp3) is 0.583. The molecule has 1 aromatic heterocycles. The van der Waals surface area contributed by atoms with Gasteiger partial charge in [0.1, 0.15) is 5.56 Å². The molecule has 7 heteroatoms. The minimum Gasteiger partial charge on any atom is -0.394 e. The first kappa shape index (κ1) is 13.5. The highest BCUT2D eigenvalue weighted by atomic mass is 16.3. The summed E-state index contributed by atoms with van der Waals surface area (Å²) in [5.41, 5.74) is -2.20. The third-order valence-electron chi connectivity index (χ3n) is 3.56. The van der Waals surface area contributed by atoms with Crippen molar-refractivity contribution in [1.82, 2.24) is 15.3 Å². The van der Waals surface area contributed by atoms with Crippen molar-refractivity contribution in [2.24, 2.45) is 0 Å². The SMILES string of the molecule is O=C(NC1(CO)CCCCC1)c1c[nH]c(=O)[nH]c1=O. The van der Waals surface area contributed by atoms with Gasteiger partial charge < -0.3 is 15.4 Å². The molecule has 0 aliphatic heterocycles. The smallest absolute Gasteiger partial charge is 0.325 e. The Kier molecular flexibility index (Phi) is 3.84. The van der Waals surface area contributed by atoms with E-state index in [4.69, 9.17) is 0 Å². The summed E-state index contributed by atoms with van der Waals surface area (Å²) in [4.78, 5) is 38.7. The van der Waals surface area contributed by atoms with Gasteiger partial charge in [0.2, 0.25) is 0 Å². The largest absolute Gasteiger partial charge is 0.394 e. The van der Waals surface area contributed by atoms with Crippen LogP contribution < -0.4 is 16.6 Å². The summed E-state index contributed by atoms with van der Waals surface area (Å²) in [7, 11) is 0. The van der Waals surface area contributed by atoms with Crippen molar-refractivity contribution in [3.63, 3.8) is 0 Å². The number of aromatic nitrogens is 2. The maximum atomic E-state index is 12.0. The second-order valence-electron chi connectivity index (χ2n) is 4.94. The second-order valence-corrected chi connectivity index (χ2v) is 4.94. The Morgan fingerprint density at radius 3 is 2.58 bits per heavy atom. The van der Waals surface area contributed by atoms with E-state index in [1.807, 2.05) is 4.98 Å². The lowest BCUT2D eigenvalue weighted by atomic mass is 9.82. The van der Waals surface area contributed by atoms with Gasteiger partial charge in [-0.05, 0) is 12.8 Å². The predicted octanol–water partition coefficient (Wildman–Crippen LogP) is -0.512. The number of hydrogen-bond donors (Lipinski definition) is 4. The number of rotatable bonds is 3. The van der Waals surface area contributed by atoms with Crippen LogP contribution >= 0.6 is 0 Å². The van der Waals surface area contributed by atoms with E-state index < -0.39 is 22.7 Å². The van der Waals surface area contributed by atoms with E-state index in [2.05, 4.69) is 10.3 Å². The first-order valence-corrected chi connectivity index (χ1v) is 6.32. The summed E-state index contributed by atoms with van der Waals surface area (Å²) in [6.07, 6.45) is 5.42. The number of aromatic amines is 2. The van der Waals surface area contributed by atoms with Crippen molar-refractivity contribution in [1.29, 1.82) is 0 Å². The van der Waals surface area contributed by atoms with E-state index in [-0.39, 0.29) is 12.2 Å². The lowest BCUT2D eigenvalue weighted by Gasteiger charge is -2.36. The molecule has 1 aromatic rings. The Bertz CT molecular complexity index is 569. The predicted molar refractivity (Wildman–Crippen MR) is 68.1 cm³/mol. The zero-order valence-corrected chi connectivity index (χ0v) is 10.5. The number of carbonyl (C=O) groups is 1. The molecule has 1 aliphatic carbocycles. The number of aliphatic hydroxyl groups is 1. The molecule has 2 rings (SSSR count). The molecule has 1 fully saturated rings. The molecule has 4 N–H and O–H groups in total. The Balaban J connectivity index is 2.20. The quantitative estimate of drug-likeness (QED) is 0.590. The van der Waals surface area contributed by atoms with Gasteiger partial charge >= 0.3 is 5.69 Å². The molecule has 0 aromatic carbocycles. The maximum absolute atomic E-state index is 12.0. The van der Waals surface area contributed by atoms with Crippen LogP contribution in [0.25, 0.3) is 0 Å². The van der Waals surface area contributed by atoms with Crippen LogP contribution in [-0.2, 0) is 0 Å². The van der Waals surface area contributed by atoms with Gasteiger partial charge in [-0.15, -0.1) is 0 Å². The third-order valence-corrected chi connectivity index (χ3v) is 3.56. The van der Waals surface area contributed by atoms with Crippen molar-refractivity contribution in [2.45, 2.75) is 37.6 Å². The van der Waals surface area contributed by atoms with Gasteiger partial charge in [0.25, 0.3) is 11.5 Å². The highest BCUT2D eigenvalue weighted by Crippen LogP contribution is 2.27. The molecule has 0 atom stereocenters. The molecule has 1 amide bonds. The van der Waals surface area contributed by atoms with Gasteiger partial charge in [-0.25, -0.2) is 4.79 Å². The molecule has 1 heterocycles. The molecule has 0 saturated heterocycles. The number of nitrogens with one attached hydrogen (secondary N) is 3. The van der Waals surface area contributed by atoms with E-state index in [0.29, 0.717) is 12.8 Å². The van der Waals surface area contributed by atoms with Gasteiger partial charge in [0.15, 0.2) is 0 Å². The highest BCUT2D eigenvalue weighted by Gasteiger charge is 2.33. The highest BCUT2D eigenvalue weighted by molar-refractivity contribution is 5.94. The van der Waals surface area contributed by atoms with Crippen molar-refractivity contribution in [3.8, 4) is 0 Å². The molecular formula is C12H17N3O4. The molecule has 0 unspecified atom stereocenters. The molecule has 19 heavy (non-hydrogen) atoms. The van der Waals surface area contributed by atoms with Crippen LogP contribution in [0.15, 0.2) is 15.8 Å². The van der Waals surface area contributed by atoms with E-state index in [0.717, 1.165) is 25.5 Å². The van der Waals surface area contributed by atoms with Crippen LogP contribution in [0.2, 0.25) is 0 Å². The molecular weight excluding hydrogens is 250 g/mol. The average Bonchev–Trinajstić information content (AvgIpc) is 2.39. The minimum atomic E-state index is -0.731. The summed E-state index contributed by atoms with van der Waals surface area (Å²) in [5, 5.41) is 12.2. The number of hydrogen-bond acceptors (Lipinski definition) is 4. The molecule has 104 valence electrons. The van der Waals surface area contributed by atoms with E-state index >= 15 is 0 Å². The maximum Gasteiger partial charge on any atom is 0.325 e. The van der Waals surface area contributed by atoms with E-state index in [9.17, 15) is 19.5 Å². The summed E-state index contributed by atoms with van der Waals surface area (Å²) in [6, 6.07) is 0. The van der Waals surface area contributed by atoms with Gasteiger partial charge in [-0.1, -0.05) is 19.3 Å². The molecule has 1 saturated carbocycles. The molecule has 7 nitrogen and oxygen atoms in total. The van der Waals surface area contributed by atoms with Crippen LogP contribution in [0.1, 0.15) is 42.5 Å². The topological polar surface area (TPSA) is 115 Å². The van der Waals surface area contributed by atoms with Crippen molar-refractivity contribution in [3.05, 3.63) is 32.6 Å². The summed E-state index contributed by atoms with van der Waals surface area (Å²) in [6.45, 7) is -0.153. The van der Waals surface area contributed by atoms with E-state index in [1.165, 1.54) is 0 Å². The van der Waals surface area contributed by atoms with Crippen molar-refractivity contribution in [2.75, 3.05) is 6.61 Å². The van der Waals surface area contributed by atoms with Crippen LogP contribution in [-0.4, -0.2) is 33.1 Å². The number of aliphatic hydroxyl groups excluding tert-OH is 1. The minimum absolute atomic E-state index is 0.153. The molecule has 0 radical (unpaired) electrons. The standard InChI is InChI=1S/C12H17N3O4/c16-7-12(4-2-1-3-5-12)15-10(18)8-6-13-11(19)14-9(8)17/h6,16H,1-5,7H2,(H,15,18)(H2,13,14,17,19). The van der Waals surface area contributed by atoms with Gasteiger partial charge in [-0.3, -0.25) is 14.6 Å². The number of amides is 1. The number of carbonyl (C=O) groups excluding carboxylic acids is 1. The Hall–Kier alpha value is -1.89. The molecule has 0 bridgehead atoms. The Labute approximate surface area is 109 Å². The average molecular weight is 267 g/mol. The van der Waals surface area contributed by atoms with E-state index in [1.54, 1.807) is 0 Å². The van der Waals surface area contributed by atoms with Crippen LogP contribution in [0, 0.1) is 0 Å².